The molecule has 0 radical (unpaired) electrons. The lowest BCUT2D eigenvalue weighted by Gasteiger charge is -2.13. The van der Waals surface area contributed by atoms with Crippen LogP contribution >= 0.6 is 0 Å². The van der Waals surface area contributed by atoms with Gasteiger partial charge in [0.2, 0.25) is 5.91 Å². The normalized spacial score (nSPS) is 13.3. The molecule has 2 aromatic rings. The highest BCUT2D eigenvalue weighted by molar-refractivity contribution is 6.22. The zero-order valence-electron chi connectivity index (χ0n) is 12.5. The van der Waals surface area contributed by atoms with Crippen molar-refractivity contribution in [3.8, 4) is 0 Å². The SMILES string of the molecule is Cc1cc(CCNC(=O)CN2C(=O)c3ccccc3C2=O)no1. The van der Waals surface area contributed by atoms with Crippen LogP contribution in [0.25, 0.3) is 0 Å². The molecule has 0 bridgehead atoms. The Balaban J connectivity index is 1.54. The minimum atomic E-state index is -0.437. The predicted octanol–water partition coefficient (Wildman–Crippen LogP) is 0.938. The monoisotopic (exact) mass is 313 g/mol. The van der Waals surface area contributed by atoms with Crippen LogP contribution in [0.1, 0.15) is 32.2 Å². The second-order valence-electron chi connectivity index (χ2n) is 5.27. The van der Waals surface area contributed by atoms with Crippen molar-refractivity contribution < 1.29 is 18.9 Å². The van der Waals surface area contributed by atoms with Crippen LogP contribution in [0.5, 0.6) is 0 Å². The minimum Gasteiger partial charge on any atom is -0.361 e. The van der Waals surface area contributed by atoms with Crippen LogP contribution in [-0.4, -0.2) is 40.9 Å². The highest BCUT2D eigenvalue weighted by Crippen LogP contribution is 2.21. The Morgan fingerprint density at radius 2 is 1.87 bits per heavy atom. The quantitative estimate of drug-likeness (QED) is 0.829. The van der Waals surface area contributed by atoms with Gasteiger partial charge in [0.25, 0.3) is 11.8 Å². The van der Waals surface area contributed by atoms with Gasteiger partial charge in [-0.15, -0.1) is 0 Å². The second kappa shape index (κ2) is 6.04. The van der Waals surface area contributed by atoms with Gasteiger partial charge in [-0.05, 0) is 19.1 Å². The Morgan fingerprint density at radius 1 is 1.22 bits per heavy atom. The number of carbonyl (C=O) groups excluding carboxylic acids is 3. The fraction of sp³-hybridized carbons (Fsp3) is 0.250. The van der Waals surface area contributed by atoms with Gasteiger partial charge in [0, 0.05) is 19.0 Å². The van der Waals surface area contributed by atoms with Gasteiger partial charge >= 0.3 is 0 Å². The smallest absolute Gasteiger partial charge is 0.262 e. The lowest BCUT2D eigenvalue weighted by Crippen LogP contribution is -2.40. The molecule has 1 aliphatic heterocycles. The molecule has 23 heavy (non-hydrogen) atoms. The van der Waals surface area contributed by atoms with Gasteiger partial charge in [0.15, 0.2) is 0 Å². The molecular formula is C16H15N3O4. The summed E-state index contributed by atoms with van der Waals surface area (Å²) in [5, 5.41) is 6.49. The molecule has 0 fully saturated rings. The first-order valence-electron chi connectivity index (χ1n) is 7.20. The van der Waals surface area contributed by atoms with E-state index in [1.54, 1.807) is 37.3 Å². The predicted molar refractivity (Wildman–Crippen MR) is 79.8 cm³/mol. The number of carbonyl (C=O) groups is 3. The molecule has 0 unspecified atom stereocenters. The van der Waals surface area contributed by atoms with E-state index in [0.29, 0.717) is 29.9 Å². The Hall–Kier alpha value is -2.96. The van der Waals surface area contributed by atoms with Crippen LogP contribution in [0.2, 0.25) is 0 Å². The molecule has 1 aromatic carbocycles. The molecule has 1 aliphatic rings. The number of nitrogens with zero attached hydrogens (tertiary/aromatic N) is 2. The van der Waals surface area contributed by atoms with Crippen molar-refractivity contribution in [1.82, 2.24) is 15.4 Å². The van der Waals surface area contributed by atoms with Crippen molar-refractivity contribution >= 4 is 17.7 Å². The van der Waals surface area contributed by atoms with Gasteiger partial charge < -0.3 is 9.84 Å². The highest BCUT2D eigenvalue weighted by Gasteiger charge is 2.36. The third-order valence-electron chi connectivity index (χ3n) is 3.56. The van der Waals surface area contributed by atoms with Crippen LogP contribution in [0.4, 0.5) is 0 Å². The molecule has 118 valence electrons. The number of nitrogens with one attached hydrogen (secondary N) is 1. The average molecular weight is 313 g/mol. The van der Waals surface area contributed by atoms with Gasteiger partial charge in [-0.1, -0.05) is 17.3 Å². The van der Waals surface area contributed by atoms with Crippen LogP contribution in [0.3, 0.4) is 0 Å². The largest absolute Gasteiger partial charge is 0.361 e. The number of hydrogen-bond acceptors (Lipinski definition) is 5. The number of benzene rings is 1. The van der Waals surface area contributed by atoms with Gasteiger partial charge in [-0.25, -0.2) is 0 Å². The maximum atomic E-state index is 12.1. The number of fused-ring (bicyclic) bond motifs is 1. The van der Waals surface area contributed by atoms with Crippen molar-refractivity contribution in [2.75, 3.05) is 13.1 Å². The van der Waals surface area contributed by atoms with Crippen molar-refractivity contribution in [2.45, 2.75) is 13.3 Å². The summed E-state index contributed by atoms with van der Waals surface area (Å²) in [6, 6.07) is 8.33. The molecule has 0 aliphatic carbocycles. The summed E-state index contributed by atoms with van der Waals surface area (Å²) < 4.78 is 4.93. The molecule has 0 spiro atoms. The van der Waals surface area contributed by atoms with Crippen LogP contribution in [0.15, 0.2) is 34.9 Å². The number of imide groups is 1. The van der Waals surface area contributed by atoms with Crippen molar-refractivity contribution in [3.05, 3.63) is 52.9 Å². The lowest BCUT2D eigenvalue weighted by molar-refractivity contribution is -0.121. The first-order chi connectivity index (χ1) is 11.1. The molecule has 0 atom stereocenters. The Kier molecular flexibility index (Phi) is 3.92. The number of amides is 3. The third-order valence-corrected chi connectivity index (χ3v) is 3.56. The van der Waals surface area contributed by atoms with E-state index in [1.165, 1.54) is 0 Å². The molecular weight excluding hydrogens is 298 g/mol. The van der Waals surface area contributed by atoms with Gasteiger partial charge in [-0.2, -0.15) is 0 Å². The van der Waals surface area contributed by atoms with E-state index in [9.17, 15) is 14.4 Å². The summed E-state index contributed by atoms with van der Waals surface area (Å²) in [5.74, 6) is -0.558. The number of rotatable bonds is 5. The number of aryl methyl sites for hydroxylation is 1. The van der Waals surface area contributed by atoms with Gasteiger partial charge in [0.1, 0.15) is 12.3 Å². The van der Waals surface area contributed by atoms with Crippen LogP contribution in [0, 0.1) is 6.92 Å². The maximum absolute atomic E-state index is 12.1. The Labute approximate surface area is 132 Å². The zero-order valence-corrected chi connectivity index (χ0v) is 12.5. The molecule has 3 amide bonds. The van der Waals surface area contributed by atoms with E-state index in [0.717, 1.165) is 10.6 Å². The topological polar surface area (TPSA) is 92.5 Å². The lowest BCUT2D eigenvalue weighted by atomic mass is 10.1. The second-order valence-corrected chi connectivity index (χ2v) is 5.27. The van der Waals surface area contributed by atoms with E-state index in [4.69, 9.17) is 4.52 Å². The fourth-order valence-corrected chi connectivity index (χ4v) is 2.45. The molecule has 0 saturated heterocycles. The zero-order chi connectivity index (χ0) is 16.4. The minimum absolute atomic E-state index is 0.288. The number of aromatic nitrogens is 1. The molecule has 1 aromatic heterocycles. The van der Waals surface area contributed by atoms with Crippen molar-refractivity contribution in [1.29, 1.82) is 0 Å². The van der Waals surface area contributed by atoms with Gasteiger partial charge in [0.05, 0.1) is 16.8 Å². The molecule has 2 heterocycles. The Morgan fingerprint density at radius 3 is 2.43 bits per heavy atom. The van der Waals surface area contributed by atoms with Crippen molar-refractivity contribution in [2.24, 2.45) is 0 Å². The molecule has 0 saturated carbocycles. The van der Waals surface area contributed by atoms with E-state index in [-0.39, 0.29) is 12.5 Å². The summed E-state index contributed by atoms with van der Waals surface area (Å²) >= 11 is 0. The first kappa shape index (κ1) is 15.0. The summed E-state index contributed by atoms with van der Waals surface area (Å²) in [6.45, 7) is 1.86. The fourth-order valence-electron chi connectivity index (χ4n) is 2.45. The van der Waals surface area contributed by atoms with E-state index >= 15 is 0 Å². The Bertz CT molecular complexity index is 746. The number of hydrogen-bond donors (Lipinski definition) is 1. The summed E-state index contributed by atoms with van der Waals surface area (Å²) in [7, 11) is 0. The molecule has 3 rings (SSSR count). The first-order valence-corrected chi connectivity index (χ1v) is 7.20. The summed E-state index contributed by atoms with van der Waals surface area (Å²) in [4.78, 5) is 37.2. The van der Waals surface area contributed by atoms with Gasteiger partial charge in [-0.3, -0.25) is 19.3 Å². The standard InChI is InChI=1S/C16H15N3O4/c1-10-8-11(18-23-10)6-7-17-14(20)9-19-15(21)12-4-2-3-5-13(12)16(19)22/h2-5,8H,6-7,9H2,1H3,(H,17,20). The van der Waals surface area contributed by atoms with Crippen LogP contribution < -0.4 is 5.32 Å². The van der Waals surface area contributed by atoms with Crippen molar-refractivity contribution in [3.63, 3.8) is 0 Å². The molecule has 1 N–H and O–H groups in total. The average Bonchev–Trinajstić information content (AvgIpc) is 3.05. The third kappa shape index (κ3) is 2.98. The summed E-state index contributed by atoms with van der Waals surface area (Å²) in [6.07, 6.45) is 0.519. The van der Waals surface area contributed by atoms with E-state index in [1.807, 2.05) is 0 Å². The van der Waals surface area contributed by atoms with E-state index in [2.05, 4.69) is 10.5 Å². The molecule has 7 heteroatoms. The molecule has 7 nitrogen and oxygen atoms in total. The van der Waals surface area contributed by atoms with E-state index < -0.39 is 11.8 Å². The highest BCUT2D eigenvalue weighted by atomic mass is 16.5. The van der Waals surface area contributed by atoms with Crippen LogP contribution in [-0.2, 0) is 11.2 Å². The summed E-state index contributed by atoms with van der Waals surface area (Å²) in [5.41, 5.74) is 1.41. The maximum Gasteiger partial charge on any atom is 0.262 e.